The number of hydrogen-bond acceptors (Lipinski definition) is 3. The second kappa shape index (κ2) is 6.50. The molecule has 1 atom stereocenters. The zero-order chi connectivity index (χ0) is 14.5. The van der Waals surface area contributed by atoms with Crippen LogP contribution in [-0.4, -0.2) is 36.5 Å². The summed E-state index contributed by atoms with van der Waals surface area (Å²) in [7, 11) is 1.33. The summed E-state index contributed by atoms with van der Waals surface area (Å²) in [5.74, 6) is -0.810. The Morgan fingerprint density at radius 3 is 2.65 bits per heavy atom. The molecule has 1 amide bonds. The fourth-order valence-electron chi connectivity index (χ4n) is 2.49. The second-order valence-corrected chi connectivity index (χ2v) is 4.93. The van der Waals surface area contributed by atoms with Crippen LogP contribution in [0.4, 0.5) is 4.39 Å². The number of halogens is 1. The molecule has 108 valence electrons. The zero-order valence-corrected chi connectivity index (χ0v) is 11.5. The minimum atomic E-state index is -0.485. The highest BCUT2D eigenvalue weighted by molar-refractivity contribution is 5.85. The molecule has 1 saturated heterocycles. The fourth-order valence-corrected chi connectivity index (χ4v) is 2.49. The number of likely N-dealkylation sites (tertiary alicyclic amines) is 1. The van der Waals surface area contributed by atoms with Gasteiger partial charge in [0.1, 0.15) is 11.9 Å². The highest BCUT2D eigenvalue weighted by Gasteiger charge is 2.32. The average molecular weight is 279 g/mol. The van der Waals surface area contributed by atoms with E-state index in [0.29, 0.717) is 13.0 Å². The molecule has 0 aliphatic carbocycles. The third-order valence-electron chi connectivity index (χ3n) is 3.57. The highest BCUT2D eigenvalue weighted by atomic mass is 19.1. The molecular weight excluding hydrogens is 261 g/mol. The standard InChI is InChI=1S/C15H18FNO3/c1-20-15(19)13-4-2-3-9-17(13)14(18)10-11-5-7-12(16)8-6-11/h5-8,13H,2-4,9-10H2,1H3. The summed E-state index contributed by atoms with van der Waals surface area (Å²) in [4.78, 5) is 25.6. The molecule has 5 heteroatoms. The predicted molar refractivity (Wildman–Crippen MR) is 71.5 cm³/mol. The van der Waals surface area contributed by atoms with Crippen molar-refractivity contribution in [3.8, 4) is 0 Å². The Hall–Kier alpha value is -1.91. The Morgan fingerprint density at radius 1 is 1.30 bits per heavy atom. The van der Waals surface area contributed by atoms with Crippen molar-refractivity contribution in [2.75, 3.05) is 13.7 Å². The first-order valence-electron chi connectivity index (χ1n) is 6.73. The number of piperidine rings is 1. The Morgan fingerprint density at radius 2 is 2.00 bits per heavy atom. The van der Waals surface area contributed by atoms with Crippen LogP contribution in [0.2, 0.25) is 0 Å². The van der Waals surface area contributed by atoms with Crippen LogP contribution in [-0.2, 0) is 20.7 Å². The summed E-state index contributed by atoms with van der Waals surface area (Å²) >= 11 is 0. The molecule has 2 rings (SSSR count). The smallest absolute Gasteiger partial charge is 0.328 e. The number of carbonyl (C=O) groups is 2. The maximum Gasteiger partial charge on any atom is 0.328 e. The first-order chi connectivity index (χ1) is 9.61. The molecule has 1 fully saturated rings. The molecular formula is C15H18FNO3. The number of methoxy groups -OCH3 is 1. The molecule has 1 aromatic rings. The summed E-state index contributed by atoms with van der Waals surface area (Å²) in [6.07, 6.45) is 2.62. The molecule has 0 spiro atoms. The highest BCUT2D eigenvalue weighted by Crippen LogP contribution is 2.19. The van der Waals surface area contributed by atoms with Gasteiger partial charge in [-0.1, -0.05) is 12.1 Å². The van der Waals surface area contributed by atoms with Crippen LogP contribution in [0, 0.1) is 5.82 Å². The van der Waals surface area contributed by atoms with Crippen molar-refractivity contribution < 1.29 is 18.7 Å². The van der Waals surface area contributed by atoms with Crippen LogP contribution < -0.4 is 0 Å². The van der Waals surface area contributed by atoms with Gasteiger partial charge in [0.25, 0.3) is 0 Å². The van der Waals surface area contributed by atoms with Crippen molar-refractivity contribution in [3.63, 3.8) is 0 Å². The monoisotopic (exact) mass is 279 g/mol. The third kappa shape index (κ3) is 3.35. The SMILES string of the molecule is COC(=O)C1CCCCN1C(=O)Cc1ccc(F)cc1. The van der Waals surface area contributed by atoms with Gasteiger partial charge >= 0.3 is 5.97 Å². The van der Waals surface area contributed by atoms with Crippen molar-refractivity contribution >= 4 is 11.9 Å². The van der Waals surface area contributed by atoms with Crippen LogP contribution in [0.25, 0.3) is 0 Å². The maximum atomic E-state index is 12.8. The van der Waals surface area contributed by atoms with Crippen molar-refractivity contribution in [2.45, 2.75) is 31.7 Å². The van der Waals surface area contributed by atoms with E-state index in [-0.39, 0.29) is 24.1 Å². The number of hydrogen-bond donors (Lipinski definition) is 0. The van der Waals surface area contributed by atoms with Crippen LogP contribution >= 0.6 is 0 Å². The van der Waals surface area contributed by atoms with E-state index < -0.39 is 6.04 Å². The number of amides is 1. The van der Waals surface area contributed by atoms with E-state index in [1.807, 2.05) is 0 Å². The molecule has 0 N–H and O–H groups in total. The van der Waals surface area contributed by atoms with Gasteiger partial charge in [0, 0.05) is 6.54 Å². The topological polar surface area (TPSA) is 46.6 Å². The summed E-state index contributed by atoms with van der Waals surface area (Å²) < 4.78 is 17.6. The van der Waals surface area contributed by atoms with Gasteiger partial charge in [0.2, 0.25) is 5.91 Å². The summed E-state index contributed by atoms with van der Waals surface area (Å²) in [6, 6.07) is 5.35. The molecule has 1 aliphatic rings. The van der Waals surface area contributed by atoms with Gasteiger partial charge in [-0.3, -0.25) is 4.79 Å². The largest absolute Gasteiger partial charge is 0.467 e. The van der Waals surface area contributed by atoms with Crippen molar-refractivity contribution in [1.29, 1.82) is 0 Å². The minimum absolute atomic E-state index is 0.119. The Balaban J connectivity index is 2.05. The predicted octanol–water partition coefficient (Wildman–Crippen LogP) is 1.92. The zero-order valence-electron chi connectivity index (χ0n) is 11.5. The summed E-state index contributed by atoms with van der Waals surface area (Å²) in [6.45, 7) is 0.569. The molecule has 0 aromatic heterocycles. The lowest BCUT2D eigenvalue weighted by molar-refractivity contribution is -0.154. The van der Waals surface area contributed by atoms with Gasteiger partial charge in [-0.05, 0) is 37.0 Å². The average Bonchev–Trinajstić information content (AvgIpc) is 2.48. The lowest BCUT2D eigenvalue weighted by Gasteiger charge is -2.33. The van der Waals surface area contributed by atoms with E-state index in [1.165, 1.54) is 19.2 Å². The van der Waals surface area contributed by atoms with E-state index in [9.17, 15) is 14.0 Å². The second-order valence-electron chi connectivity index (χ2n) is 4.93. The van der Waals surface area contributed by atoms with Crippen molar-refractivity contribution in [2.24, 2.45) is 0 Å². The number of benzene rings is 1. The van der Waals surface area contributed by atoms with Crippen LogP contribution in [0.5, 0.6) is 0 Å². The van der Waals surface area contributed by atoms with E-state index in [4.69, 9.17) is 4.74 Å². The van der Waals surface area contributed by atoms with E-state index in [2.05, 4.69) is 0 Å². The molecule has 0 saturated carbocycles. The van der Waals surface area contributed by atoms with Gasteiger partial charge in [0.15, 0.2) is 0 Å². The third-order valence-corrected chi connectivity index (χ3v) is 3.57. The van der Waals surface area contributed by atoms with E-state index in [0.717, 1.165) is 18.4 Å². The molecule has 1 aliphatic heterocycles. The summed E-state index contributed by atoms with van der Waals surface area (Å²) in [5, 5.41) is 0. The van der Waals surface area contributed by atoms with Gasteiger partial charge < -0.3 is 9.64 Å². The molecule has 4 nitrogen and oxygen atoms in total. The fraction of sp³-hybridized carbons (Fsp3) is 0.467. The number of esters is 1. The Labute approximate surface area is 117 Å². The lowest BCUT2D eigenvalue weighted by Crippen LogP contribution is -2.49. The molecule has 1 unspecified atom stereocenters. The summed E-state index contributed by atoms with van der Waals surface area (Å²) in [5.41, 5.74) is 0.741. The van der Waals surface area contributed by atoms with E-state index in [1.54, 1.807) is 17.0 Å². The molecule has 20 heavy (non-hydrogen) atoms. The van der Waals surface area contributed by atoms with Crippen LogP contribution in [0.3, 0.4) is 0 Å². The van der Waals surface area contributed by atoms with Crippen LogP contribution in [0.1, 0.15) is 24.8 Å². The normalized spacial score (nSPS) is 18.7. The lowest BCUT2D eigenvalue weighted by atomic mass is 10.0. The van der Waals surface area contributed by atoms with Crippen LogP contribution in [0.15, 0.2) is 24.3 Å². The number of rotatable bonds is 3. The Kier molecular flexibility index (Phi) is 4.71. The number of carbonyl (C=O) groups excluding carboxylic acids is 2. The van der Waals surface area contributed by atoms with Gasteiger partial charge in [-0.15, -0.1) is 0 Å². The first-order valence-corrected chi connectivity index (χ1v) is 6.73. The first kappa shape index (κ1) is 14.5. The number of nitrogens with zero attached hydrogens (tertiary/aromatic N) is 1. The molecule has 0 bridgehead atoms. The molecule has 0 radical (unpaired) electrons. The maximum absolute atomic E-state index is 12.8. The van der Waals surface area contributed by atoms with Crippen molar-refractivity contribution in [3.05, 3.63) is 35.6 Å². The van der Waals surface area contributed by atoms with Gasteiger partial charge in [-0.25, -0.2) is 9.18 Å². The van der Waals surface area contributed by atoms with Gasteiger partial charge in [0.05, 0.1) is 13.5 Å². The molecule has 1 aromatic carbocycles. The molecule has 1 heterocycles. The quantitative estimate of drug-likeness (QED) is 0.794. The van der Waals surface area contributed by atoms with Gasteiger partial charge in [-0.2, -0.15) is 0 Å². The van der Waals surface area contributed by atoms with E-state index >= 15 is 0 Å². The minimum Gasteiger partial charge on any atom is -0.467 e. The van der Waals surface area contributed by atoms with Crippen molar-refractivity contribution in [1.82, 2.24) is 4.90 Å². The number of ether oxygens (including phenoxy) is 1. The Bertz CT molecular complexity index is 486.